The summed E-state index contributed by atoms with van der Waals surface area (Å²) in [5.41, 5.74) is 1.47. The molecule has 6 nitrogen and oxygen atoms in total. The molecule has 0 saturated carbocycles. The Bertz CT molecular complexity index is 864. The molecule has 0 aliphatic heterocycles. The van der Waals surface area contributed by atoms with Gasteiger partial charge in [0, 0.05) is 23.7 Å². The van der Waals surface area contributed by atoms with E-state index >= 15 is 0 Å². The first-order valence-corrected chi connectivity index (χ1v) is 8.74. The van der Waals surface area contributed by atoms with E-state index in [1.807, 2.05) is 29.6 Å². The third kappa shape index (κ3) is 4.31. The highest BCUT2D eigenvalue weighted by Gasteiger charge is 2.10. The topological polar surface area (TPSA) is 69.7 Å². The Kier molecular flexibility index (Phi) is 5.70. The second kappa shape index (κ2) is 8.35. The maximum Gasteiger partial charge on any atom is 0.278 e. The lowest BCUT2D eigenvalue weighted by atomic mass is 10.1. The molecule has 0 saturated heterocycles. The van der Waals surface area contributed by atoms with Crippen molar-refractivity contribution in [1.29, 1.82) is 0 Å². The van der Waals surface area contributed by atoms with E-state index in [9.17, 15) is 4.79 Å². The molecule has 1 heterocycles. The highest BCUT2D eigenvalue weighted by atomic mass is 32.1. The third-order valence-electron chi connectivity index (χ3n) is 3.64. The van der Waals surface area contributed by atoms with Gasteiger partial charge in [0.2, 0.25) is 0 Å². The van der Waals surface area contributed by atoms with Gasteiger partial charge in [0.1, 0.15) is 5.75 Å². The minimum Gasteiger partial charge on any atom is -0.493 e. The molecule has 0 unspecified atom stereocenters. The van der Waals surface area contributed by atoms with E-state index in [1.165, 1.54) is 18.4 Å². The molecule has 0 aliphatic carbocycles. The van der Waals surface area contributed by atoms with Gasteiger partial charge in [0.05, 0.1) is 14.2 Å². The molecule has 0 fully saturated rings. The average molecular weight is 370 g/mol. The molecular weight excluding hydrogens is 352 g/mol. The molecule has 0 radical (unpaired) electrons. The maximum absolute atomic E-state index is 12.3. The molecule has 2 aromatic carbocycles. The van der Waals surface area contributed by atoms with E-state index in [1.54, 1.807) is 31.5 Å². The van der Waals surface area contributed by atoms with Crippen LogP contribution >= 0.6 is 11.3 Å². The highest BCUT2D eigenvalue weighted by molar-refractivity contribution is 7.11. The van der Waals surface area contributed by atoms with Gasteiger partial charge in [-0.05, 0) is 35.9 Å². The van der Waals surface area contributed by atoms with Gasteiger partial charge in [0.15, 0.2) is 11.5 Å². The second-order valence-corrected chi connectivity index (χ2v) is 6.15. The third-order valence-corrected chi connectivity index (χ3v) is 4.29. The van der Waals surface area contributed by atoms with Crippen LogP contribution in [0.5, 0.6) is 22.4 Å². The molecule has 0 atom stereocenters. The molecule has 1 amide bonds. The van der Waals surface area contributed by atoms with E-state index in [0.717, 1.165) is 5.56 Å². The first-order chi connectivity index (χ1) is 12.7. The molecule has 1 aromatic heterocycles. The zero-order chi connectivity index (χ0) is 18.4. The molecule has 1 N–H and O–H groups in total. The summed E-state index contributed by atoms with van der Waals surface area (Å²) in [6.07, 6.45) is 1.69. The Morgan fingerprint density at radius 3 is 2.50 bits per heavy atom. The molecule has 0 bridgehead atoms. The van der Waals surface area contributed by atoms with Gasteiger partial charge in [-0.3, -0.25) is 4.79 Å². The fraction of sp³-hybridized carbons (Fsp3) is 0.158. The molecule has 26 heavy (non-hydrogen) atoms. The van der Waals surface area contributed by atoms with Crippen LogP contribution in [0, 0.1) is 0 Å². The van der Waals surface area contributed by atoms with Crippen LogP contribution in [0.25, 0.3) is 0 Å². The lowest BCUT2D eigenvalue weighted by Gasteiger charge is -2.10. The van der Waals surface area contributed by atoms with Gasteiger partial charge < -0.3 is 19.5 Å². The lowest BCUT2D eigenvalue weighted by Crippen LogP contribution is -2.22. The number of carbonyl (C=O) groups is 1. The first kappa shape index (κ1) is 17.8. The number of hydrogen-bond acceptors (Lipinski definition) is 6. The Morgan fingerprint density at radius 2 is 1.85 bits per heavy atom. The quantitative estimate of drug-likeness (QED) is 0.683. The molecule has 7 heteroatoms. The predicted molar refractivity (Wildman–Crippen MR) is 99.3 cm³/mol. The number of nitrogens with zero attached hydrogens (tertiary/aromatic N) is 1. The maximum atomic E-state index is 12.3. The van der Waals surface area contributed by atoms with Gasteiger partial charge in [-0.15, -0.1) is 0 Å². The van der Waals surface area contributed by atoms with Crippen molar-refractivity contribution in [3.63, 3.8) is 0 Å². The van der Waals surface area contributed by atoms with Crippen LogP contribution in [0.3, 0.4) is 0 Å². The summed E-state index contributed by atoms with van der Waals surface area (Å²) in [6, 6.07) is 12.5. The van der Waals surface area contributed by atoms with Crippen LogP contribution in [0.2, 0.25) is 0 Å². The lowest BCUT2D eigenvalue weighted by molar-refractivity contribution is 0.0950. The van der Waals surface area contributed by atoms with Crippen LogP contribution in [0.4, 0.5) is 0 Å². The summed E-state index contributed by atoms with van der Waals surface area (Å²) in [5.74, 6) is 1.62. The Balaban J connectivity index is 1.59. The van der Waals surface area contributed by atoms with Gasteiger partial charge in [-0.1, -0.05) is 23.5 Å². The average Bonchev–Trinajstić information content (AvgIpc) is 3.19. The van der Waals surface area contributed by atoms with E-state index < -0.39 is 0 Å². The predicted octanol–water partition coefficient (Wildman–Crippen LogP) is 3.88. The van der Waals surface area contributed by atoms with E-state index in [2.05, 4.69) is 10.3 Å². The largest absolute Gasteiger partial charge is 0.493 e. The van der Waals surface area contributed by atoms with Crippen LogP contribution in [-0.2, 0) is 6.54 Å². The van der Waals surface area contributed by atoms with Crippen molar-refractivity contribution in [3.8, 4) is 22.4 Å². The van der Waals surface area contributed by atoms with Gasteiger partial charge in [-0.2, -0.15) is 0 Å². The second-order valence-electron chi connectivity index (χ2n) is 5.30. The van der Waals surface area contributed by atoms with Crippen molar-refractivity contribution >= 4 is 17.2 Å². The SMILES string of the molecule is COc1ccc(C(=O)NCc2ccc(Oc3nccs3)cc2)cc1OC. The van der Waals surface area contributed by atoms with E-state index in [0.29, 0.717) is 34.6 Å². The summed E-state index contributed by atoms with van der Waals surface area (Å²) < 4.78 is 16.0. The Morgan fingerprint density at radius 1 is 1.08 bits per heavy atom. The standard InChI is InChI=1S/C19H18N2O4S/c1-23-16-8-5-14(11-17(16)24-2)18(22)21-12-13-3-6-15(7-4-13)25-19-20-9-10-26-19/h3-11H,12H2,1-2H3,(H,21,22). The molecule has 0 aliphatic rings. The number of hydrogen-bond donors (Lipinski definition) is 1. The van der Waals surface area contributed by atoms with Gasteiger partial charge >= 0.3 is 0 Å². The van der Waals surface area contributed by atoms with Gasteiger partial charge in [0.25, 0.3) is 11.1 Å². The summed E-state index contributed by atoms with van der Waals surface area (Å²) in [4.78, 5) is 16.4. The van der Waals surface area contributed by atoms with Crippen LogP contribution in [-0.4, -0.2) is 25.1 Å². The van der Waals surface area contributed by atoms with Crippen LogP contribution < -0.4 is 19.5 Å². The molecule has 0 spiro atoms. The summed E-state index contributed by atoms with van der Waals surface area (Å²) in [7, 11) is 3.09. The van der Waals surface area contributed by atoms with Crippen molar-refractivity contribution in [2.45, 2.75) is 6.54 Å². The number of amides is 1. The summed E-state index contributed by atoms with van der Waals surface area (Å²) in [6.45, 7) is 0.407. The molecular formula is C19H18N2O4S. The number of ether oxygens (including phenoxy) is 3. The zero-order valence-electron chi connectivity index (χ0n) is 14.4. The number of carbonyl (C=O) groups excluding carboxylic acids is 1. The minimum absolute atomic E-state index is 0.186. The zero-order valence-corrected chi connectivity index (χ0v) is 15.2. The fourth-order valence-corrected chi connectivity index (χ4v) is 2.80. The minimum atomic E-state index is -0.186. The molecule has 134 valence electrons. The van der Waals surface area contributed by atoms with Gasteiger partial charge in [-0.25, -0.2) is 4.98 Å². The number of benzene rings is 2. The number of rotatable bonds is 7. The monoisotopic (exact) mass is 370 g/mol. The van der Waals surface area contributed by atoms with Crippen molar-refractivity contribution in [2.24, 2.45) is 0 Å². The van der Waals surface area contributed by atoms with Crippen molar-refractivity contribution in [1.82, 2.24) is 10.3 Å². The fourth-order valence-electron chi connectivity index (χ4n) is 2.30. The number of methoxy groups -OCH3 is 2. The van der Waals surface area contributed by atoms with Crippen molar-refractivity contribution < 1.29 is 19.0 Å². The Hall–Kier alpha value is -3.06. The van der Waals surface area contributed by atoms with Crippen molar-refractivity contribution in [2.75, 3.05) is 14.2 Å². The smallest absolute Gasteiger partial charge is 0.278 e. The number of aromatic nitrogens is 1. The van der Waals surface area contributed by atoms with Crippen LogP contribution in [0.15, 0.2) is 54.0 Å². The van der Waals surface area contributed by atoms with E-state index in [-0.39, 0.29) is 5.91 Å². The number of thiazole rings is 1. The molecule has 3 rings (SSSR count). The van der Waals surface area contributed by atoms with Crippen LogP contribution in [0.1, 0.15) is 15.9 Å². The summed E-state index contributed by atoms with van der Waals surface area (Å²) in [5, 5.41) is 5.33. The summed E-state index contributed by atoms with van der Waals surface area (Å²) >= 11 is 1.43. The van der Waals surface area contributed by atoms with E-state index in [4.69, 9.17) is 14.2 Å². The Labute approximate surface area is 155 Å². The highest BCUT2D eigenvalue weighted by Crippen LogP contribution is 2.27. The number of nitrogens with one attached hydrogen (secondary N) is 1. The molecule has 3 aromatic rings. The van der Waals surface area contributed by atoms with Crippen molar-refractivity contribution in [3.05, 3.63) is 65.2 Å². The normalized spacial score (nSPS) is 10.2. The first-order valence-electron chi connectivity index (χ1n) is 7.86.